The fourth-order valence-electron chi connectivity index (χ4n) is 3.20. The Hall–Kier alpha value is -1.50. The van der Waals surface area contributed by atoms with Gasteiger partial charge in [0.1, 0.15) is 11.9 Å². The second-order valence-corrected chi connectivity index (χ2v) is 6.53. The fraction of sp³-hybridized carbons (Fsp3) is 0.588. The standard InChI is InChI=1S/C17H27FN4O/c1-11-15(12(2)21-20-11)9-10-19-17(23)16(22(3)4)13-5-7-14(18)8-6-13/h5-8,11-12,15-16,20-21H,9-10H2,1-4H3,(H,19,23). The summed E-state index contributed by atoms with van der Waals surface area (Å²) >= 11 is 0. The minimum Gasteiger partial charge on any atom is -0.354 e. The highest BCUT2D eigenvalue weighted by atomic mass is 19.1. The van der Waals surface area contributed by atoms with Crippen LogP contribution in [0.3, 0.4) is 0 Å². The highest BCUT2D eigenvalue weighted by Gasteiger charge is 2.29. The molecule has 0 aromatic heterocycles. The average Bonchev–Trinajstić information content (AvgIpc) is 2.81. The van der Waals surface area contributed by atoms with Crippen LogP contribution in [0.4, 0.5) is 4.39 Å². The summed E-state index contributed by atoms with van der Waals surface area (Å²) in [5.74, 6) is 0.135. The Bertz CT molecular complexity index is 510. The van der Waals surface area contributed by atoms with Crippen molar-refractivity contribution in [1.82, 2.24) is 21.1 Å². The number of hydrogen-bond donors (Lipinski definition) is 3. The molecule has 1 aliphatic rings. The number of benzene rings is 1. The Labute approximate surface area is 137 Å². The van der Waals surface area contributed by atoms with Crippen LogP contribution in [0.5, 0.6) is 0 Å². The summed E-state index contributed by atoms with van der Waals surface area (Å²) in [4.78, 5) is 14.4. The number of amides is 1. The van der Waals surface area contributed by atoms with E-state index in [-0.39, 0.29) is 11.7 Å². The van der Waals surface area contributed by atoms with Crippen molar-refractivity contribution in [3.05, 3.63) is 35.6 Å². The van der Waals surface area contributed by atoms with Crippen LogP contribution in [0.1, 0.15) is 31.9 Å². The summed E-state index contributed by atoms with van der Waals surface area (Å²) in [7, 11) is 3.70. The lowest BCUT2D eigenvalue weighted by atomic mass is 9.93. The Balaban J connectivity index is 1.92. The van der Waals surface area contributed by atoms with E-state index < -0.39 is 6.04 Å². The molecule has 23 heavy (non-hydrogen) atoms. The summed E-state index contributed by atoms with van der Waals surface area (Å²) in [5.41, 5.74) is 7.24. The Morgan fingerprint density at radius 2 is 1.78 bits per heavy atom. The molecule has 0 aliphatic carbocycles. The Morgan fingerprint density at radius 3 is 2.30 bits per heavy atom. The molecule has 1 saturated heterocycles. The molecule has 2 rings (SSSR count). The predicted octanol–water partition coefficient (Wildman–Crippen LogP) is 1.44. The second-order valence-electron chi connectivity index (χ2n) is 6.53. The monoisotopic (exact) mass is 322 g/mol. The molecule has 0 radical (unpaired) electrons. The van der Waals surface area contributed by atoms with Crippen molar-refractivity contribution in [1.29, 1.82) is 0 Å². The van der Waals surface area contributed by atoms with Gasteiger partial charge in [0.2, 0.25) is 5.91 Å². The zero-order valence-electron chi connectivity index (χ0n) is 14.3. The van der Waals surface area contributed by atoms with Gasteiger partial charge in [-0.3, -0.25) is 20.5 Å². The maximum Gasteiger partial charge on any atom is 0.241 e. The van der Waals surface area contributed by atoms with E-state index in [2.05, 4.69) is 30.0 Å². The van der Waals surface area contributed by atoms with Gasteiger partial charge < -0.3 is 5.32 Å². The van der Waals surface area contributed by atoms with Crippen LogP contribution < -0.4 is 16.2 Å². The van der Waals surface area contributed by atoms with E-state index in [0.717, 1.165) is 12.0 Å². The number of carbonyl (C=O) groups is 1. The first-order valence-electron chi connectivity index (χ1n) is 8.10. The number of nitrogens with zero attached hydrogens (tertiary/aromatic N) is 1. The smallest absolute Gasteiger partial charge is 0.241 e. The third-order valence-electron chi connectivity index (χ3n) is 4.55. The SMILES string of the molecule is CC1NNC(C)C1CCNC(=O)C(c1ccc(F)cc1)N(C)C. The molecule has 1 fully saturated rings. The maximum atomic E-state index is 13.1. The largest absolute Gasteiger partial charge is 0.354 e. The molecule has 6 heteroatoms. The number of hydrazine groups is 1. The first-order valence-corrected chi connectivity index (χ1v) is 8.10. The van der Waals surface area contributed by atoms with Gasteiger partial charge in [-0.25, -0.2) is 4.39 Å². The van der Waals surface area contributed by atoms with E-state index >= 15 is 0 Å². The lowest BCUT2D eigenvalue weighted by Crippen LogP contribution is -2.38. The average molecular weight is 322 g/mol. The molecule has 3 atom stereocenters. The number of halogens is 1. The summed E-state index contributed by atoms with van der Waals surface area (Å²) in [6, 6.07) is 6.47. The summed E-state index contributed by atoms with van der Waals surface area (Å²) in [6.45, 7) is 4.92. The minimum atomic E-state index is -0.412. The molecule has 0 saturated carbocycles. The van der Waals surface area contributed by atoms with Gasteiger partial charge in [0.05, 0.1) is 0 Å². The van der Waals surface area contributed by atoms with Gasteiger partial charge in [-0.1, -0.05) is 12.1 Å². The molecule has 1 heterocycles. The van der Waals surface area contributed by atoms with E-state index in [1.807, 2.05) is 19.0 Å². The molecule has 3 unspecified atom stereocenters. The van der Waals surface area contributed by atoms with Gasteiger partial charge in [0, 0.05) is 18.6 Å². The lowest BCUT2D eigenvalue weighted by molar-refractivity contribution is -0.125. The van der Waals surface area contributed by atoms with E-state index in [9.17, 15) is 9.18 Å². The number of nitrogens with one attached hydrogen (secondary N) is 3. The van der Waals surface area contributed by atoms with Gasteiger partial charge in [0.25, 0.3) is 0 Å². The zero-order valence-corrected chi connectivity index (χ0v) is 14.3. The lowest BCUT2D eigenvalue weighted by Gasteiger charge is -2.25. The molecule has 0 spiro atoms. The maximum absolute atomic E-state index is 13.1. The first-order chi connectivity index (χ1) is 10.9. The van der Waals surface area contributed by atoms with Crippen molar-refractivity contribution in [2.24, 2.45) is 5.92 Å². The summed E-state index contributed by atoms with van der Waals surface area (Å²) < 4.78 is 13.1. The molecule has 1 aromatic rings. The van der Waals surface area contributed by atoms with Crippen molar-refractivity contribution in [2.75, 3.05) is 20.6 Å². The number of hydrogen-bond acceptors (Lipinski definition) is 4. The van der Waals surface area contributed by atoms with Crippen LogP contribution in [0, 0.1) is 11.7 Å². The van der Waals surface area contributed by atoms with Gasteiger partial charge in [0.15, 0.2) is 0 Å². The Morgan fingerprint density at radius 1 is 1.22 bits per heavy atom. The third-order valence-corrected chi connectivity index (χ3v) is 4.55. The molecule has 0 bridgehead atoms. The normalized spacial score (nSPS) is 25.6. The van der Waals surface area contributed by atoms with Gasteiger partial charge in [-0.15, -0.1) is 0 Å². The minimum absolute atomic E-state index is 0.0548. The molecular formula is C17H27FN4O. The van der Waals surface area contributed by atoms with Crippen LogP contribution in [0.2, 0.25) is 0 Å². The molecule has 128 valence electrons. The quantitative estimate of drug-likeness (QED) is 0.742. The predicted molar refractivity (Wildman–Crippen MR) is 89.1 cm³/mol. The highest BCUT2D eigenvalue weighted by molar-refractivity contribution is 5.83. The van der Waals surface area contributed by atoms with Crippen molar-refractivity contribution in [3.8, 4) is 0 Å². The highest BCUT2D eigenvalue weighted by Crippen LogP contribution is 2.20. The molecule has 3 N–H and O–H groups in total. The van der Waals surface area contributed by atoms with Crippen LogP contribution in [-0.4, -0.2) is 43.5 Å². The number of carbonyl (C=O) groups excluding carboxylic acids is 1. The molecule has 1 aromatic carbocycles. The van der Waals surface area contributed by atoms with E-state index in [1.54, 1.807) is 12.1 Å². The first kappa shape index (κ1) is 17.8. The van der Waals surface area contributed by atoms with E-state index in [1.165, 1.54) is 12.1 Å². The Kier molecular flexibility index (Phi) is 6.10. The van der Waals surface area contributed by atoms with Crippen LogP contribution in [-0.2, 0) is 4.79 Å². The van der Waals surface area contributed by atoms with Gasteiger partial charge in [-0.05, 0) is 58.0 Å². The van der Waals surface area contributed by atoms with Crippen LogP contribution in [0.15, 0.2) is 24.3 Å². The second kappa shape index (κ2) is 7.86. The van der Waals surface area contributed by atoms with Gasteiger partial charge in [-0.2, -0.15) is 0 Å². The number of rotatable bonds is 6. The van der Waals surface area contributed by atoms with Crippen molar-refractivity contribution in [2.45, 2.75) is 38.4 Å². The topological polar surface area (TPSA) is 56.4 Å². The van der Waals surface area contributed by atoms with E-state index in [0.29, 0.717) is 24.5 Å². The summed E-state index contributed by atoms with van der Waals surface area (Å²) in [6.07, 6.45) is 0.914. The zero-order chi connectivity index (χ0) is 17.0. The molecule has 5 nitrogen and oxygen atoms in total. The van der Waals surface area contributed by atoms with Crippen molar-refractivity contribution in [3.63, 3.8) is 0 Å². The van der Waals surface area contributed by atoms with Crippen LogP contribution in [0.25, 0.3) is 0 Å². The van der Waals surface area contributed by atoms with Crippen molar-refractivity contribution >= 4 is 5.91 Å². The number of likely N-dealkylation sites (N-methyl/N-ethyl adjacent to an activating group) is 1. The van der Waals surface area contributed by atoms with Crippen molar-refractivity contribution < 1.29 is 9.18 Å². The summed E-state index contributed by atoms with van der Waals surface area (Å²) in [5, 5.41) is 3.02. The van der Waals surface area contributed by atoms with E-state index in [4.69, 9.17) is 0 Å². The fourth-order valence-corrected chi connectivity index (χ4v) is 3.20. The molecular weight excluding hydrogens is 295 g/mol. The molecule has 1 aliphatic heterocycles. The van der Waals surface area contributed by atoms with Gasteiger partial charge >= 0.3 is 0 Å². The molecule has 1 amide bonds. The van der Waals surface area contributed by atoms with Crippen LogP contribution >= 0.6 is 0 Å². The third kappa shape index (κ3) is 4.50.